The third kappa shape index (κ3) is 6.83. The van der Waals surface area contributed by atoms with Crippen LogP contribution in [0.4, 0.5) is 8.78 Å². The Morgan fingerprint density at radius 1 is 0.968 bits per heavy atom. The van der Waals surface area contributed by atoms with Crippen molar-refractivity contribution in [2.75, 3.05) is 7.05 Å². The molecule has 0 bridgehead atoms. The van der Waals surface area contributed by atoms with Crippen molar-refractivity contribution < 1.29 is 26.8 Å². The minimum absolute atomic E-state index is 0.130. The van der Waals surface area contributed by atoms with Gasteiger partial charge in [0.1, 0.15) is 23.2 Å². The molecule has 7 nitrogen and oxygen atoms in total. The molecule has 0 aliphatic rings. The highest BCUT2D eigenvalue weighted by Gasteiger charge is 2.27. The third-order valence-corrected chi connectivity index (χ3v) is 5.92. The van der Waals surface area contributed by atoms with Crippen LogP contribution >= 0.6 is 0 Å². The molecule has 0 saturated carbocycles. The van der Waals surface area contributed by atoms with E-state index >= 15 is 0 Å². The van der Waals surface area contributed by atoms with E-state index in [1.807, 2.05) is 0 Å². The van der Waals surface area contributed by atoms with Crippen LogP contribution in [0.5, 0.6) is 0 Å². The Kier molecular flexibility index (Phi) is 8.23. The molecule has 2 aromatic rings. The summed E-state index contributed by atoms with van der Waals surface area (Å²) in [6.45, 7) is 3.52. The first-order valence-corrected chi connectivity index (χ1v) is 11.2. The SMILES string of the molecule is CNS(=O)(=O)Cc1ccc(CNC(=O)[C@@H](NC(=O)c2c(F)cccc2F)C(C)C)cc1. The number of halogens is 2. The van der Waals surface area contributed by atoms with Crippen LogP contribution in [-0.4, -0.2) is 33.3 Å². The van der Waals surface area contributed by atoms with Gasteiger partial charge in [0, 0.05) is 6.54 Å². The van der Waals surface area contributed by atoms with Gasteiger partial charge in [-0.2, -0.15) is 0 Å². The summed E-state index contributed by atoms with van der Waals surface area (Å²) in [5.74, 6) is -4.06. The average Bonchev–Trinajstić information content (AvgIpc) is 2.70. The highest BCUT2D eigenvalue weighted by atomic mass is 32.2. The van der Waals surface area contributed by atoms with Gasteiger partial charge in [-0.25, -0.2) is 21.9 Å². The second kappa shape index (κ2) is 10.5. The van der Waals surface area contributed by atoms with E-state index in [2.05, 4.69) is 15.4 Å². The molecular weight excluding hydrogens is 428 g/mol. The van der Waals surface area contributed by atoms with Gasteiger partial charge in [-0.3, -0.25) is 9.59 Å². The molecule has 0 aliphatic carbocycles. The minimum Gasteiger partial charge on any atom is -0.350 e. The zero-order chi connectivity index (χ0) is 23.2. The van der Waals surface area contributed by atoms with Gasteiger partial charge in [0.25, 0.3) is 5.91 Å². The maximum Gasteiger partial charge on any atom is 0.257 e. The number of sulfonamides is 1. The van der Waals surface area contributed by atoms with Crippen molar-refractivity contribution in [1.29, 1.82) is 0 Å². The summed E-state index contributed by atoms with van der Waals surface area (Å²) in [5.41, 5.74) is 0.560. The lowest BCUT2D eigenvalue weighted by atomic mass is 10.0. The zero-order valence-corrected chi connectivity index (χ0v) is 18.2. The molecule has 0 fully saturated rings. The highest BCUT2D eigenvalue weighted by molar-refractivity contribution is 7.88. The summed E-state index contributed by atoms with van der Waals surface area (Å²) in [4.78, 5) is 24.9. The standard InChI is InChI=1S/C21H25F2N3O4S/c1-13(2)19(26-20(27)18-16(22)5-4-6-17(18)23)21(28)25-11-14-7-9-15(10-8-14)12-31(29,30)24-3/h4-10,13,19,24H,11-12H2,1-3H3,(H,25,28)(H,26,27)/t19-/m0/s1. The molecular formula is C21H25F2N3O4S. The molecule has 0 aromatic heterocycles. The first kappa shape index (κ1) is 24.4. The van der Waals surface area contributed by atoms with Crippen molar-refractivity contribution in [3.63, 3.8) is 0 Å². The second-order valence-electron chi connectivity index (χ2n) is 7.29. The number of benzene rings is 2. The van der Waals surface area contributed by atoms with Gasteiger partial charge >= 0.3 is 0 Å². The van der Waals surface area contributed by atoms with Crippen LogP contribution in [0, 0.1) is 17.6 Å². The fourth-order valence-corrected chi connectivity index (χ4v) is 3.58. The van der Waals surface area contributed by atoms with Crippen LogP contribution in [0.25, 0.3) is 0 Å². The van der Waals surface area contributed by atoms with E-state index in [9.17, 15) is 26.8 Å². The predicted molar refractivity (Wildman–Crippen MR) is 112 cm³/mol. The first-order valence-electron chi connectivity index (χ1n) is 9.55. The smallest absolute Gasteiger partial charge is 0.257 e. The number of nitrogens with one attached hydrogen (secondary N) is 3. The summed E-state index contributed by atoms with van der Waals surface area (Å²) in [6.07, 6.45) is 0. The van der Waals surface area contributed by atoms with Gasteiger partial charge in [0.2, 0.25) is 15.9 Å². The Labute approximate surface area is 180 Å². The molecule has 0 aliphatic heterocycles. The van der Waals surface area contributed by atoms with Crippen molar-refractivity contribution in [2.24, 2.45) is 5.92 Å². The van der Waals surface area contributed by atoms with E-state index in [1.54, 1.807) is 38.1 Å². The van der Waals surface area contributed by atoms with Crippen molar-refractivity contribution in [2.45, 2.75) is 32.2 Å². The van der Waals surface area contributed by atoms with Crippen LogP contribution in [0.3, 0.4) is 0 Å². The number of hydrogen-bond acceptors (Lipinski definition) is 4. The molecule has 31 heavy (non-hydrogen) atoms. The Bertz CT molecular complexity index is 1020. The lowest BCUT2D eigenvalue weighted by Gasteiger charge is -2.22. The van der Waals surface area contributed by atoms with E-state index in [4.69, 9.17) is 0 Å². The van der Waals surface area contributed by atoms with Gasteiger partial charge < -0.3 is 10.6 Å². The Morgan fingerprint density at radius 2 is 1.52 bits per heavy atom. The van der Waals surface area contributed by atoms with E-state index in [-0.39, 0.29) is 18.2 Å². The largest absolute Gasteiger partial charge is 0.350 e. The third-order valence-electron chi connectivity index (χ3n) is 4.58. The monoisotopic (exact) mass is 453 g/mol. The van der Waals surface area contributed by atoms with Gasteiger partial charge in [-0.1, -0.05) is 44.2 Å². The summed E-state index contributed by atoms with van der Waals surface area (Å²) in [5, 5.41) is 5.06. The van der Waals surface area contributed by atoms with Crippen LogP contribution < -0.4 is 15.4 Å². The van der Waals surface area contributed by atoms with Crippen molar-refractivity contribution in [1.82, 2.24) is 15.4 Å². The molecule has 3 N–H and O–H groups in total. The second-order valence-corrected chi connectivity index (χ2v) is 9.22. The van der Waals surface area contributed by atoms with Gasteiger partial charge in [-0.05, 0) is 36.2 Å². The zero-order valence-electron chi connectivity index (χ0n) is 17.4. The molecule has 1 atom stereocenters. The summed E-state index contributed by atoms with van der Waals surface area (Å²) >= 11 is 0. The van der Waals surface area contributed by atoms with Crippen molar-refractivity contribution in [3.05, 3.63) is 70.8 Å². The first-order chi connectivity index (χ1) is 14.5. The fraction of sp³-hybridized carbons (Fsp3) is 0.333. The van der Waals surface area contributed by atoms with Crippen LogP contribution in [0.2, 0.25) is 0 Å². The number of rotatable bonds is 9. The molecule has 2 rings (SSSR count). The maximum atomic E-state index is 13.8. The molecule has 0 saturated heterocycles. The maximum absolute atomic E-state index is 13.8. The van der Waals surface area contributed by atoms with Crippen LogP contribution in [0.15, 0.2) is 42.5 Å². The van der Waals surface area contributed by atoms with Crippen LogP contribution in [-0.2, 0) is 27.1 Å². The highest BCUT2D eigenvalue weighted by Crippen LogP contribution is 2.13. The topological polar surface area (TPSA) is 104 Å². The average molecular weight is 454 g/mol. The van der Waals surface area contributed by atoms with Crippen LogP contribution in [0.1, 0.15) is 35.3 Å². The summed E-state index contributed by atoms with van der Waals surface area (Å²) < 4.78 is 53.1. The quantitative estimate of drug-likeness (QED) is 0.541. The van der Waals surface area contributed by atoms with Gasteiger partial charge in [-0.15, -0.1) is 0 Å². The number of hydrogen-bond donors (Lipinski definition) is 3. The van der Waals surface area contributed by atoms with Crippen molar-refractivity contribution >= 4 is 21.8 Å². The molecule has 0 radical (unpaired) electrons. The molecule has 2 aromatic carbocycles. The number of amides is 2. The predicted octanol–water partition coefficient (Wildman–Crippen LogP) is 2.08. The lowest BCUT2D eigenvalue weighted by Crippen LogP contribution is -2.49. The molecule has 10 heteroatoms. The van der Waals surface area contributed by atoms with Crippen molar-refractivity contribution in [3.8, 4) is 0 Å². The molecule has 0 spiro atoms. The molecule has 0 unspecified atom stereocenters. The van der Waals surface area contributed by atoms with Gasteiger partial charge in [0.05, 0.1) is 5.75 Å². The van der Waals surface area contributed by atoms with E-state index in [1.165, 1.54) is 7.05 Å². The normalized spacial score (nSPS) is 12.5. The number of carbonyl (C=O) groups is 2. The molecule has 0 heterocycles. The summed E-state index contributed by atoms with van der Waals surface area (Å²) in [7, 11) is -2.05. The summed E-state index contributed by atoms with van der Waals surface area (Å²) in [6, 6.07) is 8.70. The number of carbonyl (C=O) groups excluding carboxylic acids is 2. The molecule has 168 valence electrons. The lowest BCUT2D eigenvalue weighted by molar-refractivity contribution is -0.124. The van der Waals surface area contributed by atoms with E-state index in [0.29, 0.717) is 11.1 Å². The molecule has 2 amide bonds. The minimum atomic E-state index is -3.39. The Morgan fingerprint density at radius 3 is 2.03 bits per heavy atom. The Balaban J connectivity index is 2.02. The van der Waals surface area contributed by atoms with E-state index < -0.39 is 45.1 Å². The van der Waals surface area contributed by atoms with E-state index in [0.717, 1.165) is 18.2 Å². The van der Waals surface area contributed by atoms with Gasteiger partial charge in [0.15, 0.2) is 0 Å². The Hall–Kier alpha value is -2.85. The fourth-order valence-electron chi connectivity index (χ4n) is 2.81.